The molecule has 144 valence electrons. The molecule has 0 unspecified atom stereocenters. The van der Waals surface area contributed by atoms with E-state index in [1.165, 1.54) is 12.4 Å². The fourth-order valence-electron chi connectivity index (χ4n) is 3.15. The number of anilines is 1. The number of carbonyl (C=O) groups is 1. The number of sulfonamides is 1. The number of hydrogen-bond donors (Lipinski definition) is 2. The first kappa shape index (κ1) is 18.3. The van der Waals surface area contributed by atoms with E-state index in [0.717, 1.165) is 16.8 Å². The molecule has 0 fully saturated rings. The number of aromatic nitrogens is 3. The van der Waals surface area contributed by atoms with E-state index in [9.17, 15) is 13.2 Å². The first-order valence-corrected chi connectivity index (χ1v) is 10.3. The van der Waals surface area contributed by atoms with Crippen LogP contribution in [0.4, 0.5) is 5.69 Å². The number of benzene rings is 2. The number of carbonyl (C=O) groups excluding carboxylic acids is 1. The summed E-state index contributed by atoms with van der Waals surface area (Å²) in [5, 5.41) is 6.82. The van der Waals surface area contributed by atoms with Crippen LogP contribution in [0.15, 0.2) is 60.0 Å². The first-order chi connectivity index (χ1) is 13.4. The number of amides is 1. The third kappa shape index (κ3) is 3.67. The van der Waals surface area contributed by atoms with Crippen LogP contribution >= 0.6 is 0 Å². The fourth-order valence-corrected chi connectivity index (χ4v) is 4.44. The molecule has 1 amide bonds. The van der Waals surface area contributed by atoms with Gasteiger partial charge in [0.15, 0.2) is 0 Å². The molecule has 1 atom stereocenters. The van der Waals surface area contributed by atoms with Crippen molar-refractivity contribution in [2.75, 3.05) is 5.32 Å². The summed E-state index contributed by atoms with van der Waals surface area (Å²) in [5.74, 6) is -0.0517. The summed E-state index contributed by atoms with van der Waals surface area (Å²) >= 11 is 0. The molecule has 0 saturated heterocycles. The normalized spacial score (nSPS) is 15.0. The van der Waals surface area contributed by atoms with Crippen molar-refractivity contribution in [2.24, 2.45) is 0 Å². The van der Waals surface area contributed by atoms with Crippen molar-refractivity contribution in [2.45, 2.75) is 30.7 Å². The van der Waals surface area contributed by atoms with Gasteiger partial charge in [-0.15, -0.1) is 0 Å². The van der Waals surface area contributed by atoms with Crippen molar-refractivity contribution in [1.82, 2.24) is 19.5 Å². The van der Waals surface area contributed by atoms with E-state index in [1.54, 1.807) is 30.1 Å². The second-order valence-corrected chi connectivity index (χ2v) is 8.36. The Morgan fingerprint density at radius 3 is 2.64 bits per heavy atom. The molecule has 3 aromatic rings. The maximum Gasteiger partial charge on any atom is 0.241 e. The molecule has 0 spiro atoms. The van der Waals surface area contributed by atoms with Gasteiger partial charge in [-0.2, -0.15) is 5.10 Å². The van der Waals surface area contributed by atoms with Gasteiger partial charge in [0, 0.05) is 18.2 Å². The molecule has 4 rings (SSSR count). The first-order valence-electron chi connectivity index (χ1n) is 8.82. The summed E-state index contributed by atoms with van der Waals surface area (Å²) in [5.41, 5.74) is 3.17. The number of hydrogen-bond acceptors (Lipinski definition) is 5. The Hall–Kier alpha value is -3.04. The van der Waals surface area contributed by atoms with Gasteiger partial charge in [-0.25, -0.2) is 22.8 Å². The highest BCUT2D eigenvalue weighted by atomic mass is 32.2. The summed E-state index contributed by atoms with van der Waals surface area (Å²) in [4.78, 5) is 15.6. The van der Waals surface area contributed by atoms with E-state index in [4.69, 9.17) is 0 Å². The molecule has 8 nitrogen and oxygen atoms in total. The molecular formula is C19H19N5O3S. The average Bonchev–Trinajstić information content (AvgIpc) is 3.22. The zero-order valence-corrected chi connectivity index (χ0v) is 16.0. The van der Waals surface area contributed by atoms with E-state index >= 15 is 0 Å². The SMILES string of the molecule is C[C@H](NS(=O)(=O)c1ccc2c(c1)CCC(=O)N2)c1ccc(-n2cncn2)cc1. The minimum Gasteiger partial charge on any atom is -0.326 e. The Bertz CT molecular complexity index is 1110. The van der Waals surface area contributed by atoms with Gasteiger partial charge in [-0.1, -0.05) is 12.1 Å². The average molecular weight is 397 g/mol. The van der Waals surface area contributed by atoms with Crippen LogP contribution in [0.2, 0.25) is 0 Å². The number of rotatable bonds is 5. The van der Waals surface area contributed by atoms with E-state index in [-0.39, 0.29) is 10.8 Å². The molecule has 2 N–H and O–H groups in total. The largest absolute Gasteiger partial charge is 0.326 e. The summed E-state index contributed by atoms with van der Waals surface area (Å²) in [6.07, 6.45) is 3.94. The van der Waals surface area contributed by atoms with Gasteiger partial charge in [0.2, 0.25) is 15.9 Å². The van der Waals surface area contributed by atoms with Crippen LogP contribution in [0.25, 0.3) is 5.69 Å². The maximum absolute atomic E-state index is 12.8. The lowest BCUT2D eigenvalue weighted by Gasteiger charge is -2.19. The van der Waals surface area contributed by atoms with Crippen molar-refractivity contribution in [1.29, 1.82) is 0 Å². The topological polar surface area (TPSA) is 106 Å². The predicted octanol–water partition coefficient (Wildman–Crippen LogP) is 2.19. The van der Waals surface area contributed by atoms with Crippen LogP contribution < -0.4 is 10.0 Å². The quantitative estimate of drug-likeness (QED) is 0.686. The van der Waals surface area contributed by atoms with E-state index < -0.39 is 16.1 Å². The maximum atomic E-state index is 12.8. The molecule has 1 aromatic heterocycles. The highest BCUT2D eigenvalue weighted by Crippen LogP contribution is 2.26. The highest BCUT2D eigenvalue weighted by Gasteiger charge is 2.22. The summed E-state index contributed by atoms with van der Waals surface area (Å²) in [6, 6.07) is 11.8. The van der Waals surface area contributed by atoms with Crippen molar-refractivity contribution in [3.63, 3.8) is 0 Å². The van der Waals surface area contributed by atoms with Crippen LogP contribution in [-0.4, -0.2) is 29.1 Å². The van der Waals surface area contributed by atoms with Crippen molar-refractivity contribution in [3.8, 4) is 5.69 Å². The van der Waals surface area contributed by atoms with Gasteiger partial charge in [-0.05, 0) is 54.8 Å². The molecule has 28 heavy (non-hydrogen) atoms. The van der Waals surface area contributed by atoms with Crippen molar-refractivity contribution >= 4 is 21.6 Å². The Balaban J connectivity index is 1.52. The lowest BCUT2D eigenvalue weighted by atomic mass is 10.0. The Morgan fingerprint density at radius 2 is 1.93 bits per heavy atom. The molecule has 0 saturated carbocycles. The fraction of sp³-hybridized carbons (Fsp3) is 0.211. The van der Waals surface area contributed by atoms with E-state index in [0.29, 0.717) is 18.5 Å². The minimum atomic E-state index is -3.70. The Labute approximate surface area is 162 Å². The Kier molecular flexibility index (Phi) is 4.70. The Morgan fingerprint density at radius 1 is 1.14 bits per heavy atom. The van der Waals surface area contributed by atoms with Gasteiger partial charge in [0.1, 0.15) is 12.7 Å². The predicted molar refractivity (Wildman–Crippen MR) is 103 cm³/mol. The van der Waals surface area contributed by atoms with Gasteiger partial charge in [-0.3, -0.25) is 4.79 Å². The van der Waals surface area contributed by atoms with Gasteiger partial charge in [0.25, 0.3) is 0 Å². The molecule has 2 heterocycles. The van der Waals surface area contributed by atoms with Gasteiger partial charge >= 0.3 is 0 Å². The zero-order valence-electron chi connectivity index (χ0n) is 15.2. The third-order valence-electron chi connectivity index (χ3n) is 4.69. The summed E-state index contributed by atoms with van der Waals surface area (Å²) < 4.78 is 29.9. The molecule has 1 aliphatic rings. The second kappa shape index (κ2) is 7.17. The second-order valence-electron chi connectivity index (χ2n) is 6.64. The molecule has 0 radical (unpaired) electrons. The van der Waals surface area contributed by atoms with Crippen LogP contribution in [0, 0.1) is 0 Å². The lowest BCUT2D eigenvalue weighted by molar-refractivity contribution is -0.116. The molecular weight excluding hydrogens is 378 g/mol. The van der Waals surface area contributed by atoms with Gasteiger partial charge in [0.05, 0.1) is 10.6 Å². The third-order valence-corrected chi connectivity index (χ3v) is 6.23. The molecule has 1 aliphatic heterocycles. The smallest absolute Gasteiger partial charge is 0.241 e. The molecule has 0 aliphatic carbocycles. The molecule has 9 heteroatoms. The molecule has 0 bridgehead atoms. The molecule has 2 aromatic carbocycles. The van der Waals surface area contributed by atoms with E-state index in [1.807, 2.05) is 24.3 Å². The zero-order chi connectivity index (χ0) is 19.7. The minimum absolute atomic E-state index is 0.0517. The van der Waals surface area contributed by atoms with Crippen LogP contribution in [0.3, 0.4) is 0 Å². The number of nitrogens with zero attached hydrogens (tertiary/aromatic N) is 3. The van der Waals surface area contributed by atoms with Crippen molar-refractivity contribution in [3.05, 3.63) is 66.2 Å². The lowest BCUT2D eigenvalue weighted by Crippen LogP contribution is -2.27. The van der Waals surface area contributed by atoms with Crippen LogP contribution in [-0.2, 0) is 21.2 Å². The monoisotopic (exact) mass is 397 g/mol. The number of nitrogens with one attached hydrogen (secondary N) is 2. The summed E-state index contributed by atoms with van der Waals surface area (Å²) in [7, 11) is -3.70. The van der Waals surface area contributed by atoms with Crippen LogP contribution in [0.1, 0.15) is 30.5 Å². The van der Waals surface area contributed by atoms with Crippen LogP contribution in [0.5, 0.6) is 0 Å². The van der Waals surface area contributed by atoms with E-state index in [2.05, 4.69) is 20.1 Å². The standard InChI is InChI=1S/C19H19N5O3S/c1-13(14-2-5-16(6-3-14)24-12-20-11-21-24)23-28(26,27)17-7-8-18-15(10-17)4-9-19(25)22-18/h2-3,5-8,10-13,23H,4,9H2,1H3,(H,22,25)/t13-/m0/s1. The van der Waals surface area contributed by atoms with Crippen molar-refractivity contribution < 1.29 is 13.2 Å². The highest BCUT2D eigenvalue weighted by molar-refractivity contribution is 7.89. The summed E-state index contributed by atoms with van der Waals surface area (Å²) in [6.45, 7) is 1.79. The van der Waals surface area contributed by atoms with Gasteiger partial charge < -0.3 is 5.32 Å². The number of fused-ring (bicyclic) bond motifs is 1. The number of aryl methyl sites for hydroxylation is 1.